The molecule has 2 aromatic rings. The fraction of sp³-hybridized carbons (Fsp3) is 0.278. The molecule has 1 amide bonds. The second kappa shape index (κ2) is 6.50. The van der Waals surface area contributed by atoms with Crippen molar-refractivity contribution in [2.24, 2.45) is 0 Å². The maximum atomic E-state index is 12.5. The van der Waals surface area contributed by atoms with Crippen molar-refractivity contribution in [3.8, 4) is 11.5 Å². The van der Waals surface area contributed by atoms with Gasteiger partial charge in [-0.15, -0.1) is 0 Å². The van der Waals surface area contributed by atoms with E-state index in [4.69, 9.17) is 16.3 Å². The van der Waals surface area contributed by atoms with E-state index in [0.29, 0.717) is 23.7 Å². The first-order valence-electron chi connectivity index (χ1n) is 7.51. The summed E-state index contributed by atoms with van der Waals surface area (Å²) in [6.45, 7) is 0.335. The van der Waals surface area contributed by atoms with Crippen molar-refractivity contribution < 1.29 is 14.6 Å². The van der Waals surface area contributed by atoms with E-state index >= 15 is 0 Å². The summed E-state index contributed by atoms with van der Waals surface area (Å²) < 4.78 is 5.29. The molecule has 3 rings (SSSR count). The number of aryl methyl sites for hydroxylation is 1. The Balaban J connectivity index is 1.74. The second-order valence-electron chi connectivity index (χ2n) is 5.59. The van der Waals surface area contributed by atoms with Gasteiger partial charge in [-0.2, -0.15) is 0 Å². The molecule has 0 heterocycles. The van der Waals surface area contributed by atoms with Crippen LogP contribution in [0.25, 0.3) is 0 Å². The van der Waals surface area contributed by atoms with Gasteiger partial charge in [0, 0.05) is 17.7 Å². The zero-order chi connectivity index (χ0) is 16.4. The Kier molecular flexibility index (Phi) is 4.44. The lowest BCUT2D eigenvalue weighted by Gasteiger charge is -2.15. The van der Waals surface area contributed by atoms with Gasteiger partial charge in [-0.05, 0) is 30.5 Å². The first-order valence-corrected chi connectivity index (χ1v) is 7.89. The molecule has 1 aliphatic carbocycles. The van der Waals surface area contributed by atoms with E-state index in [2.05, 4.69) is 5.32 Å². The van der Waals surface area contributed by atoms with E-state index in [9.17, 15) is 9.90 Å². The van der Waals surface area contributed by atoms with Crippen LogP contribution in [0, 0.1) is 0 Å². The predicted molar refractivity (Wildman–Crippen MR) is 89.0 cm³/mol. The third-order valence-electron chi connectivity index (χ3n) is 4.25. The summed E-state index contributed by atoms with van der Waals surface area (Å²) in [6, 6.07) is 10.8. The number of methoxy groups -OCH3 is 1. The number of para-hydroxylation sites is 1. The van der Waals surface area contributed by atoms with E-state index in [1.165, 1.54) is 0 Å². The Labute approximate surface area is 140 Å². The minimum Gasteiger partial charge on any atom is -0.508 e. The number of amides is 1. The molecule has 0 spiro atoms. The molecular weight excluding hydrogens is 314 g/mol. The zero-order valence-corrected chi connectivity index (χ0v) is 13.6. The highest BCUT2D eigenvalue weighted by atomic mass is 35.5. The summed E-state index contributed by atoms with van der Waals surface area (Å²) in [5, 5.41) is 13.5. The fourth-order valence-corrected chi connectivity index (χ4v) is 3.42. The van der Waals surface area contributed by atoms with Gasteiger partial charge >= 0.3 is 0 Å². The average molecular weight is 332 g/mol. The van der Waals surface area contributed by atoms with Gasteiger partial charge < -0.3 is 15.2 Å². The van der Waals surface area contributed by atoms with Gasteiger partial charge in [0.1, 0.15) is 11.5 Å². The third-order valence-corrected chi connectivity index (χ3v) is 4.54. The molecule has 0 saturated heterocycles. The lowest BCUT2D eigenvalue weighted by molar-refractivity contribution is -0.122. The van der Waals surface area contributed by atoms with Crippen molar-refractivity contribution >= 4 is 17.5 Å². The predicted octanol–water partition coefficient (Wildman–Crippen LogP) is 3.40. The van der Waals surface area contributed by atoms with Crippen LogP contribution < -0.4 is 10.1 Å². The first-order chi connectivity index (χ1) is 11.1. The van der Waals surface area contributed by atoms with Gasteiger partial charge in [0.15, 0.2) is 0 Å². The Bertz CT molecular complexity index is 745. The van der Waals surface area contributed by atoms with Crippen molar-refractivity contribution in [3.63, 3.8) is 0 Å². The quantitative estimate of drug-likeness (QED) is 0.902. The van der Waals surface area contributed by atoms with Crippen LogP contribution in [0.3, 0.4) is 0 Å². The highest BCUT2D eigenvalue weighted by Crippen LogP contribution is 2.39. The molecule has 1 atom stereocenters. The molecule has 0 aliphatic heterocycles. The normalized spacial score (nSPS) is 16.0. The molecule has 2 N–H and O–H groups in total. The first kappa shape index (κ1) is 15.7. The molecule has 4 nitrogen and oxygen atoms in total. The summed E-state index contributed by atoms with van der Waals surface area (Å²) in [5.41, 5.74) is 2.62. The number of carbonyl (C=O) groups excluding carboxylic acids is 1. The number of hydrogen-bond acceptors (Lipinski definition) is 3. The van der Waals surface area contributed by atoms with Crippen molar-refractivity contribution in [3.05, 3.63) is 58.1 Å². The van der Waals surface area contributed by atoms with Crippen LogP contribution >= 0.6 is 11.6 Å². The van der Waals surface area contributed by atoms with Gasteiger partial charge in [-0.25, -0.2) is 0 Å². The second-order valence-corrected chi connectivity index (χ2v) is 6.00. The number of carbonyl (C=O) groups is 1. The molecule has 23 heavy (non-hydrogen) atoms. The molecule has 0 aromatic heterocycles. The monoisotopic (exact) mass is 331 g/mol. The van der Waals surface area contributed by atoms with E-state index in [1.807, 2.05) is 24.3 Å². The molecule has 2 aromatic carbocycles. The summed E-state index contributed by atoms with van der Waals surface area (Å²) in [6.07, 6.45) is 1.52. The van der Waals surface area contributed by atoms with Gasteiger partial charge in [-0.1, -0.05) is 35.9 Å². The maximum absolute atomic E-state index is 12.5. The molecule has 1 unspecified atom stereocenters. The number of halogens is 1. The van der Waals surface area contributed by atoms with Crippen molar-refractivity contribution in [2.45, 2.75) is 25.3 Å². The van der Waals surface area contributed by atoms with Crippen LogP contribution in [-0.2, 0) is 17.8 Å². The Hall–Kier alpha value is -2.20. The van der Waals surface area contributed by atoms with E-state index in [0.717, 1.165) is 23.1 Å². The topological polar surface area (TPSA) is 58.6 Å². The third kappa shape index (κ3) is 2.99. The number of phenols is 1. The average Bonchev–Trinajstić information content (AvgIpc) is 2.98. The Morgan fingerprint density at radius 1 is 1.35 bits per heavy atom. The molecule has 0 saturated carbocycles. The largest absolute Gasteiger partial charge is 0.508 e. The molecular formula is C18H18ClNO3. The molecule has 1 aliphatic rings. The van der Waals surface area contributed by atoms with Crippen LogP contribution in [-0.4, -0.2) is 18.1 Å². The minimum absolute atomic E-state index is 0.0905. The van der Waals surface area contributed by atoms with Crippen LogP contribution in [0.15, 0.2) is 36.4 Å². The van der Waals surface area contributed by atoms with Crippen molar-refractivity contribution in [2.75, 3.05) is 7.11 Å². The van der Waals surface area contributed by atoms with Gasteiger partial charge in [0.2, 0.25) is 5.91 Å². The number of benzene rings is 2. The lowest BCUT2D eigenvalue weighted by Crippen LogP contribution is -2.28. The summed E-state index contributed by atoms with van der Waals surface area (Å²) >= 11 is 6.09. The van der Waals surface area contributed by atoms with Gasteiger partial charge in [-0.3, -0.25) is 4.79 Å². The van der Waals surface area contributed by atoms with E-state index in [-0.39, 0.29) is 17.6 Å². The summed E-state index contributed by atoms with van der Waals surface area (Å²) in [5.74, 6) is 0.369. The number of ether oxygens (including phenoxy) is 1. The number of phenolic OH excluding ortho intramolecular Hbond substituents is 1. The lowest BCUT2D eigenvalue weighted by atomic mass is 9.99. The maximum Gasteiger partial charge on any atom is 0.227 e. The highest BCUT2D eigenvalue weighted by Gasteiger charge is 2.31. The number of fused-ring (bicyclic) bond motifs is 1. The van der Waals surface area contributed by atoms with Gasteiger partial charge in [0.05, 0.1) is 18.1 Å². The molecule has 120 valence electrons. The molecule has 0 bridgehead atoms. The van der Waals surface area contributed by atoms with Crippen molar-refractivity contribution in [1.29, 1.82) is 0 Å². The molecule has 5 heteroatoms. The molecule has 0 radical (unpaired) electrons. The van der Waals surface area contributed by atoms with Crippen LogP contribution in [0.1, 0.15) is 29.0 Å². The SMILES string of the molecule is COc1c(Cl)cccc1CNC(=O)C1CCc2cccc(O)c21. The van der Waals surface area contributed by atoms with Crippen LogP contribution in [0.4, 0.5) is 0 Å². The zero-order valence-electron chi connectivity index (χ0n) is 12.8. The van der Waals surface area contributed by atoms with Crippen molar-refractivity contribution in [1.82, 2.24) is 5.32 Å². The molecule has 0 fully saturated rings. The Morgan fingerprint density at radius 3 is 2.91 bits per heavy atom. The standard InChI is InChI=1S/C18H18ClNO3/c1-23-17-12(5-2-6-14(17)19)10-20-18(22)13-9-8-11-4-3-7-15(21)16(11)13/h2-7,13,21H,8-10H2,1H3,(H,20,22). The minimum atomic E-state index is -0.309. The summed E-state index contributed by atoms with van der Waals surface area (Å²) in [4.78, 5) is 12.5. The Morgan fingerprint density at radius 2 is 2.13 bits per heavy atom. The van der Waals surface area contributed by atoms with E-state index in [1.54, 1.807) is 19.2 Å². The number of rotatable bonds is 4. The fourth-order valence-electron chi connectivity index (χ4n) is 3.15. The van der Waals surface area contributed by atoms with Crippen LogP contribution in [0.5, 0.6) is 11.5 Å². The number of nitrogens with one attached hydrogen (secondary N) is 1. The smallest absolute Gasteiger partial charge is 0.227 e. The highest BCUT2D eigenvalue weighted by molar-refractivity contribution is 6.32. The van der Waals surface area contributed by atoms with Gasteiger partial charge in [0.25, 0.3) is 0 Å². The number of aromatic hydroxyl groups is 1. The van der Waals surface area contributed by atoms with E-state index < -0.39 is 0 Å². The van der Waals surface area contributed by atoms with Crippen LogP contribution in [0.2, 0.25) is 5.02 Å². The number of hydrogen-bond donors (Lipinski definition) is 2. The summed E-state index contributed by atoms with van der Waals surface area (Å²) in [7, 11) is 1.55.